The summed E-state index contributed by atoms with van der Waals surface area (Å²) in [5.74, 6) is 0.962. The average Bonchev–Trinajstić information content (AvgIpc) is 2.81. The lowest BCUT2D eigenvalue weighted by molar-refractivity contribution is 0.114. The summed E-state index contributed by atoms with van der Waals surface area (Å²) in [6.07, 6.45) is 1.45. The molecule has 1 fully saturated rings. The molecule has 1 aromatic rings. The summed E-state index contributed by atoms with van der Waals surface area (Å²) in [5.41, 5.74) is 0.377. The van der Waals surface area contributed by atoms with Gasteiger partial charge in [-0.05, 0) is 24.1 Å². The van der Waals surface area contributed by atoms with E-state index in [1.165, 1.54) is 5.19 Å². The fraction of sp³-hybridized carbons (Fsp3) is 0.600. The van der Waals surface area contributed by atoms with E-state index in [1.807, 2.05) is 12.1 Å². The highest BCUT2D eigenvalue weighted by Crippen LogP contribution is 2.45. The SMILES string of the molecule is COc1ccccc1[Si](C)(C)[C@@H]1[C@H]2N=N[C@@H]1CC[C@@H]2O. The second-order valence-corrected chi connectivity index (χ2v) is 11.0. The summed E-state index contributed by atoms with van der Waals surface area (Å²) in [7, 11) is -0.0975. The first-order valence-corrected chi connectivity index (χ1v) is 10.3. The van der Waals surface area contributed by atoms with Crippen molar-refractivity contribution in [3.05, 3.63) is 24.3 Å². The second kappa shape index (κ2) is 4.97. The Morgan fingerprint density at radius 2 is 1.95 bits per heavy atom. The molecule has 0 spiro atoms. The summed E-state index contributed by atoms with van der Waals surface area (Å²) >= 11 is 0. The molecule has 0 saturated heterocycles. The molecular formula is C15H22N2O2Si. The molecule has 0 aromatic heterocycles. The molecule has 3 rings (SSSR count). The van der Waals surface area contributed by atoms with Crippen LogP contribution >= 0.6 is 0 Å². The van der Waals surface area contributed by atoms with Gasteiger partial charge in [0.15, 0.2) is 0 Å². The number of nitrogens with zero attached hydrogens (tertiary/aromatic N) is 2. The van der Waals surface area contributed by atoms with Gasteiger partial charge >= 0.3 is 0 Å². The first-order chi connectivity index (χ1) is 9.55. The molecule has 1 aliphatic carbocycles. The Bertz CT molecular complexity index is 532. The maximum Gasteiger partial charge on any atom is 0.118 e. The molecule has 4 nitrogen and oxygen atoms in total. The van der Waals surface area contributed by atoms with Gasteiger partial charge in [-0.25, -0.2) is 0 Å². The summed E-state index contributed by atoms with van der Waals surface area (Å²) in [5, 5.41) is 20.4. The van der Waals surface area contributed by atoms with Crippen molar-refractivity contribution in [3.8, 4) is 5.75 Å². The topological polar surface area (TPSA) is 54.2 Å². The summed E-state index contributed by atoms with van der Waals surface area (Å²) in [6.45, 7) is 4.70. The van der Waals surface area contributed by atoms with Gasteiger partial charge in [0.05, 0.1) is 33.4 Å². The average molecular weight is 290 g/mol. The third kappa shape index (κ3) is 2.00. The predicted molar refractivity (Wildman–Crippen MR) is 81.5 cm³/mol. The van der Waals surface area contributed by atoms with E-state index in [4.69, 9.17) is 4.74 Å². The number of fused-ring (bicyclic) bond motifs is 2. The second-order valence-electron chi connectivity index (χ2n) is 6.38. The van der Waals surface area contributed by atoms with Crippen molar-refractivity contribution in [2.45, 2.75) is 49.7 Å². The third-order valence-electron chi connectivity index (χ3n) is 4.92. The number of hydrogen-bond donors (Lipinski definition) is 1. The van der Waals surface area contributed by atoms with Crippen molar-refractivity contribution in [2.75, 3.05) is 7.11 Å². The Kier molecular flexibility index (Phi) is 3.42. The Balaban J connectivity index is 2.00. The van der Waals surface area contributed by atoms with Gasteiger partial charge in [-0.2, -0.15) is 10.2 Å². The molecule has 1 saturated carbocycles. The highest BCUT2D eigenvalue weighted by Gasteiger charge is 2.52. The monoisotopic (exact) mass is 290 g/mol. The minimum absolute atomic E-state index is 0.0136. The third-order valence-corrected chi connectivity index (χ3v) is 9.11. The molecule has 1 aromatic carbocycles. The van der Waals surface area contributed by atoms with E-state index < -0.39 is 8.07 Å². The van der Waals surface area contributed by atoms with Gasteiger partial charge < -0.3 is 9.84 Å². The van der Waals surface area contributed by atoms with Crippen molar-refractivity contribution < 1.29 is 9.84 Å². The van der Waals surface area contributed by atoms with Gasteiger partial charge in [0, 0.05) is 5.54 Å². The maximum absolute atomic E-state index is 10.2. The molecule has 5 heteroatoms. The lowest BCUT2D eigenvalue weighted by atomic mass is 9.90. The minimum Gasteiger partial charge on any atom is -0.497 e. The largest absolute Gasteiger partial charge is 0.497 e. The molecule has 0 amide bonds. The smallest absolute Gasteiger partial charge is 0.118 e. The quantitative estimate of drug-likeness (QED) is 0.869. The van der Waals surface area contributed by atoms with Crippen LogP contribution in [-0.2, 0) is 0 Å². The molecular weight excluding hydrogens is 268 g/mol. The van der Waals surface area contributed by atoms with Crippen molar-refractivity contribution >= 4 is 13.3 Å². The Labute approximate surface area is 120 Å². The van der Waals surface area contributed by atoms with Crippen molar-refractivity contribution in [1.82, 2.24) is 0 Å². The van der Waals surface area contributed by atoms with Crippen LogP contribution in [0.25, 0.3) is 0 Å². The van der Waals surface area contributed by atoms with E-state index in [-0.39, 0.29) is 18.2 Å². The Morgan fingerprint density at radius 3 is 2.70 bits per heavy atom. The van der Waals surface area contributed by atoms with E-state index in [2.05, 4.69) is 35.5 Å². The van der Waals surface area contributed by atoms with Gasteiger partial charge in [-0.3, -0.25) is 0 Å². The van der Waals surface area contributed by atoms with E-state index >= 15 is 0 Å². The molecule has 1 aliphatic heterocycles. The normalized spacial score (nSPS) is 32.4. The van der Waals surface area contributed by atoms with Crippen LogP contribution in [0.2, 0.25) is 18.6 Å². The van der Waals surface area contributed by atoms with Crippen LogP contribution in [0, 0.1) is 0 Å². The van der Waals surface area contributed by atoms with Gasteiger partial charge in [0.25, 0.3) is 0 Å². The lowest BCUT2D eigenvalue weighted by Crippen LogP contribution is -2.55. The van der Waals surface area contributed by atoms with Gasteiger partial charge in [0.1, 0.15) is 5.75 Å². The standard InChI is InChI=1S/C15H22N2O2Si/c1-19-12-6-4-5-7-13(12)20(2,3)15-10-8-9-11(18)14(15)17-16-10/h4-7,10-11,14-15,18H,8-9H2,1-3H3/t10-,11+,14+,15+/m1/s1. The molecule has 0 unspecified atom stereocenters. The van der Waals surface area contributed by atoms with E-state index in [0.29, 0.717) is 5.54 Å². The first-order valence-electron chi connectivity index (χ1n) is 7.27. The number of benzene rings is 1. The molecule has 2 aliphatic rings. The van der Waals surface area contributed by atoms with Crippen molar-refractivity contribution in [2.24, 2.45) is 10.2 Å². The fourth-order valence-electron chi connectivity index (χ4n) is 3.86. The number of aliphatic hydroxyl groups excluding tert-OH is 1. The number of methoxy groups -OCH3 is 1. The molecule has 108 valence electrons. The van der Waals surface area contributed by atoms with Crippen LogP contribution < -0.4 is 9.92 Å². The van der Waals surface area contributed by atoms with Gasteiger partial charge in [-0.15, -0.1) is 0 Å². The molecule has 20 heavy (non-hydrogen) atoms. The summed E-state index contributed by atoms with van der Waals surface area (Å²) in [6, 6.07) is 8.55. The first kappa shape index (κ1) is 13.8. The number of hydrogen-bond acceptors (Lipinski definition) is 4. The number of azo groups is 1. The predicted octanol–water partition coefficient (Wildman–Crippen LogP) is 2.34. The van der Waals surface area contributed by atoms with Crippen LogP contribution in [0.15, 0.2) is 34.5 Å². The zero-order chi connectivity index (χ0) is 14.3. The van der Waals surface area contributed by atoms with Gasteiger partial charge in [-0.1, -0.05) is 31.3 Å². The van der Waals surface area contributed by atoms with Crippen molar-refractivity contribution in [1.29, 1.82) is 0 Å². The van der Waals surface area contributed by atoms with Crippen LogP contribution in [0.3, 0.4) is 0 Å². The lowest BCUT2D eigenvalue weighted by Gasteiger charge is -2.40. The fourth-order valence-corrected chi connectivity index (χ4v) is 7.91. The molecule has 2 bridgehead atoms. The Hall–Kier alpha value is -1.20. The number of rotatable bonds is 3. The zero-order valence-corrected chi connectivity index (χ0v) is 13.3. The van der Waals surface area contributed by atoms with Crippen molar-refractivity contribution in [3.63, 3.8) is 0 Å². The highest BCUT2D eigenvalue weighted by molar-refractivity contribution is 6.92. The van der Waals surface area contributed by atoms with E-state index in [0.717, 1.165) is 18.6 Å². The highest BCUT2D eigenvalue weighted by atomic mass is 28.3. The molecule has 0 radical (unpaired) electrons. The van der Waals surface area contributed by atoms with Crippen LogP contribution in [0.5, 0.6) is 5.75 Å². The van der Waals surface area contributed by atoms with Crippen LogP contribution in [-0.4, -0.2) is 38.5 Å². The summed E-state index contributed by atoms with van der Waals surface area (Å²) in [4.78, 5) is 0. The minimum atomic E-state index is -1.82. The maximum atomic E-state index is 10.2. The van der Waals surface area contributed by atoms with Gasteiger partial charge in [0.2, 0.25) is 0 Å². The number of para-hydroxylation sites is 1. The Morgan fingerprint density at radius 1 is 1.20 bits per heavy atom. The van der Waals surface area contributed by atoms with E-state index in [1.54, 1.807) is 7.11 Å². The zero-order valence-electron chi connectivity index (χ0n) is 12.3. The number of ether oxygens (including phenoxy) is 1. The molecule has 4 atom stereocenters. The number of aliphatic hydroxyl groups is 1. The molecule has 1 heterocycles. The summed E-state index contributed by atoms with van der Waals surface area (Å²) < 4.78 is 5.55. The van der Waals surface area contributed by atoms with Crippen LogP contribution in [0.4, 0.5) is 0 Å². The van der Waals surface area contributed by atoms with E-state index in [9.17, 15) is 5.11 Å². The molecule has 1 N–H and O–H groups in total. The van der Waals surface area contributed by atoms with Crippen LogP contribution in [0.1, 0.15) is 12.8 Å².